The van der Waals surface area contributed by atoms with Gasteiger partial charge in [-0.1, -0.05) is 13.0 Å². The lowest BCUT2D eigenvalue weighted by Crippen LogP contribution is -2.49. The van der Waals surface area contributed by atoms with Crippen LogP contribution < -0.4 is 5.73 Å². The summed E-state index contributed by atoms with van der Waals surface area (Å²) in [4.78, 5) is 7.24. The quantitative estimate of drug-likeness (QED) is 0.906. The summed E-state index contributed by atoms with van der Waals surface area (Å²) < 4.78 is 0. The molecule has 19 heavy (non-hydrogen) atoms. The third kappa shape index (κ3) is 2.87. The van der Waals surface area contributed by atoms with Crippen molar-refractivity contribution < 1.29 is 0 Å². The average Bonchev–Trinajstić information content (AvgIpc) is 2.37. The zero-order chi connectivity index (χ0) is 12.5. The van der Waals surface area contributed by atoms with Crippen LogP contribution in [0.25, 0.3) is 0 Å². The molecule has 1 aliphatic carbocycles. The minimum Gasteiger partial charge on any atom is -0.384 e. The van der Waals surface area contributed by atoms with Crippen LogP contribution in [0.4, 0.5) is 5.82 Å². The zero-order valence-electron chi connectivity index (χ0n) is 11.6. The van der Waals surface area contributed by atoms with Gasteiger partial charge in [-0.2, -0.15) is 0 Å². The maximum absolute atomic E-state index is 5.80. The predicted molar refractivity (Wildman–Crippen MR) is 81.7 cm³/mol. The standard InChI is InChI=1S/C15H23N3.ClH/c1-2-7-18-8-3-4-12-9-13-11(10-14(12)18)5-6-15(16)17-13;/h5-6,12,14H,2-4,7-10H2,1H3,(H2,16,17);1H/t12-,14-;/m0./s1. The van der Waals surface area contributed by atoms with Crippen molar-refractivity contribution in [2.24, 2.45) is 5.92 Å². The summed E-state index contributed by atoms with van der Waals surface area (Å²) in [6.07, 6.45) is 6.27. The fourth-order valence-corrected chi connectivity index (χ4v) is 3.69. The molecule has 0 aromatic carbocycles. The van der Waals surface area contributed by atoms with Crippen LogP contribution in [0.3, 0.4) is 0 Å². The molecule has 0 amide bonds. The summed E-state index contributed by atoms with van der Waals surface area (Å²) in [5.74, 6) is 1.47. The smallest absolute Gasteiger partial charge is 0.123 e. The molecular weight excluding hydrogens is 258 g/mol. The predicted octanol–water partition coefficient (Wildman–Crippen LogP) is 2.67. The zero-order valence-corrected chi connectivity index (χ0v) is 12.5. The molecule has 3 rings (SSSR count). The first-order valence-corrected chi connectivity index (χ1v) is 7.26. The van der Waals surface area contributed by atoms with Crippen LogP contribution in [0, 0.1) is 5.92 Å². The Balaban J connectivity index is 0.00000133. The van der Waals surface area contributed by atoms with Crippen LogP contribution in [0.5, 0.6) is 0 Å². The Labute approximate surface area is 122 Å². The van der Waals surface area contributed by atoms with E-state index in [9.17, 15) is 0 Å². The highest BCUT2D eigenvalue weighted by Crippen LogP contribution is 2.34. The molecule has 1 aromatic heterocycles. The highest BCUT2D eigenvalue weighted by molar-refractivity contribution is 5.85. The van der Waals surface area contributed by atoms with E-state index in [-0.39, 0.29) is 12.4 Å². The Morgan fingerprint density at radius 3 is 3.00 bits per heavy atom. The summed E-state index contributed by atoms with van der Waals surface area (Å²) in [7, 11) is 0. The Hall–Kier alpha value is -0.800. The molecule has 1 saturated heterocycles. The van der Waals surface area contributed by atoms with Crippen LogP contribution >= 0.6 is 12.4 Å². The highest BCUT2D eigenvalue weighted by atomic mass is 35.5. The number of halogens is 1. The molecular formula is C15H24ClN3. The van der Waals surface area contributed by atoms with Crippen LogP contribution in [-0.4, -0.2) is 29.0 Å². The maximum Gasteiger partial charge on any atom is 0.123 e. The Morgan fingerprint density at radius 2 is 2.21 bits per heavy atom. The fraction of sp³-hybridized carbons (Fsp3) is 0.667. The average molecular weight is 282 g/mol. The van der Waals surface area contributed by atoms with Gasteiger partial charge in [-0.25, -0.2) is 4.98 Å². The van der Waals surface area contributed by atoms with Gasteiger partial charge in [0.1, 0.15) is 5.82 Å². The van der Waals surface area contributed by atoms with Gasteiger partial charge in [0.2, 0.25) is 0 Å². The molecule has 2 atom stereocenters. The number of likely N-dealkylation sites (tertiary alicyclic amines) is 1. The van der Waals surface area contributed by atoms with Crippen molar-refractivity contribution in [1.29, 1.82) is 0 Å². The summed E-state index contributed by atoms with van der Waals surface area (Å²) in [5.41, 5.74) is 8.49. The second-order valence-electron chi connectivity index (χ2n) is 5.76. The number of hydrogen-bond acceptors (Lipinski definition) is 3. The number of nitrogens with two attached hydrogens (primary N) is 1. The molecule has 2 aliphatic rings. The number of hydrogen-bond donors (Lipinski definition) is 1. The minimum absolute atomic E-state index is 0. The maximum atomic E-state index is 5.80. The number of rotatable bonds is 2. The number of piperidine rings is 1. The van der Waals surface area contributed by atoms with Crippen LogP contribution in [0.1, 0.15) is 37.4 Å². The van der Waals surface area contributed by atoms with E-state index in [1.807, 2.05) is 6.07 Å². The molecule has 2 heterocycles. The lowest BCUT2D eigenvalue weighted by Gasteiger charge is -2.44. The van der Waals surface area contributed by atoms with Gasteiger partial charge in [0.25, 0.3) is 0 Å². The van der Waals surface area contributed by atoms with Gasteiger partial charge in [0.15, 0.2) is 0 Å². The Kier molecular flexibility index (Phi) is 4.69. The van der Waals surface area contributed by atoms with Crippen molar-refractivity contribution in [3.05, 3.63) is 23.4 Å². The number of aromatic nitrogens is 1. The highest BCUT2D eigenvalue weighted by Gasteiger charge is 2.35. The van der Waals surface area contributed by atoms with Crippen molar-refractivity contribution in [3.8, 4) is 0 Å². The minimum atomic E-state index is 0. The van der Waals surface area contributed by atoms with E-state index < -0.39 is 0 Å². The first-order chi connectivity index (χ1) is 8.78. The van der Waals surface area contributed by atoms with E-state index >= 15 is 0 Å². The largest absolute Gasteiger partial charge is 0.384 e. The molecule has 1 fully saturated rings. The Bertz CT molecular complexity index is 433. The second kappa shape index (κ2) is 6.10. The lowest BCUT2D eigenvalue weighted by molar-refractivity contribution is 0.0846. The summed E-state index contributed by atoms with van der Waals surface area (Å²) in [5, 5.41) is 0. The molecule has 4 heteroatoms. The van der Waals surface area contributed by atoms with E-state index in [0.717, 1.165) is 18.4 Å². The lowest BCUT2D eigenvalue weighted by atomic mass is 9.77. The first kappa shape index (κ1) is 14.6. The van der Waals surface area contributed by atoms with E-state index in [0.29, 0.717) is 5.82 Å². The van der Waals surface area contributed by atoms with Crippen molar-refractivity contribution in [1.82, 2.24) is 9.88 Å². The van der Waals surface area contributed by atoms with Gasteiger partial charge in [-0.05, 0) is 62.7 Å². The van der Waals surface area contributed by atoms with Gasteiger partial charge < -0.3 is 5.73 Å². The Morgan fingerprint density at radius 1 is 1.37 bits per heavy atom. The van der Waals surface area contributed by atoms with E-state index in [2.05, 4.69) is 22.9 Å². The van der Waals surface area contributed by atoms with Gasteiger partial charge in [0.05, 0.1) is 0 Å². The molecule has 0 unspecified atom stereocenters. The van der Waals surface area contributed by atoms with Gasteiger partial charge >= 0.3 is 0 Å². The normalized spacial score (nSPS) is 26.2. The monoisotopic (exact) mass is 281 g/mol. The molecule has 0 bridgehead atoms. The molecule has 2 N–H and O–H groups in total. The van der Waals surface area contributed by atoms with Crippen LogP contribution in [0.2, 0.25) is 0 Å². The fourth-order valence-electron chi connectivity index (χ4n) is 3.69. The van der Waals surface area contributed by atoms with Gasteiger partial charge in [-0.3, -0.25) is 4.90 Å². The molecule has 0 radical (unpaired) electrons. The number of pyridine rings is 1. The number of nitrogens with zero attached hydrogens (tertiary/aromatic N) is 2. The van der Waals surface area contributed by atoms with E-state index in [1.165, 1.54) is 50.0 Å². The van der Waals surface area contributed by atoms with Crippen molar-refractivity contribution in [3.63, 3.8) is 0 Å². The summed E-state index contributed by atoms with van der Waals surface area (Å²) >= 11 is 0. The molecule has 106 valence electrons. The summed E-state index contributed by atoms with van der Waals surface area (Å²) in [6.45, 7) is 4.81. The summed E-state index contributed by atoms with van der Waals surface area (Å²) in [6, 6.07) is 4.88. The van der Waals surface area contributed by atoms with Crippen LogP contribution in [-0.2, 0) is 12.8 Å². The molecule has 0 spiro atoms. The number of nitrogen functional groups attached to an aromatic ring is 1. The SMILES string of the molecule is CCCN1CCC[C@H]2Cc3nc(N)ccc3C[C@@H]21.Cl. The molecule has 3 nitrogen and oxygen atoms in total. The number of fused-ring (bicyclic) bond motifs is 2. The number of anilines is 1. The van der Waals surface area contributed by atoms with Gasteiger partial charge in [0, 0.05) is 11.7 Å². The van der Waals surface area contributed by atoms with E-state index in [4.69, 9.17) is 5.73 Å². The van der Waals surface area contributed by atoms with Crippen molar-refractivity contribution >= 4 is 18.2 Å². The topological polar surface area (TPSA) is 42.2 Å². The van der Waals surface area contributed by atoms with Crippen LogP contribution in [0.15, 0.2) is 12.1 Å². The third-order valence-electron chi connectivity index (χ3n) is 4.52. The van der Waals surface area contributed by atoms with Crippen molar-refractivity contribution in [2.45, 2.75) is 45.1 Å². The molecule has 1 aromatic rings. The van der Waals surface area contributed by atoms with Crippen molar-refractivity contribution in [2.75, 3.05) is 18.8 Å². The first-order valence-electron chi connectivity index (χ1n) is 7.26. The molecule has 1 aliphatic heterocycles. The molecule has 0 saturated carbocycles. The third-order valence-corrected chi connectivity index (χ3v) is 4.52. The second-order valence-corrected chi connectivity index (χ2v) is 5.76. The van der Waals surface area contributed by atoms with E-state index in [1.54, 1.807) is 0 Å². The van der Waals surface area contributed by atoms with Gasteiger partial charge in [-0.15, -0.1) is 12.4 Å².